The highest BCUT2D eigenvalue weighted by Crippen LogP contribution is 2.22. The van der Waals surface area contributed by atoms with E-state index in [0.29, 0.717) is 17.9 Å². The summed E-state index contributed by atoms with van der Waals surface area (Å²) >= 11 is 0. The molecule has 0 saturated carbocycles. The fourth-order valence-electron chi connectivity index (χ4n) is 2.30. The minimum atomic E-state index is 0.327. The molecule has 0 aromatic carbocycles. The van der Waals surface area contributed by atoms with Gasteiger partial charge < -0.3 is 9.64 Å². The van der Waals surface area contributed by atoms with Gasteiger partial charge in [0.1, 0.15) is 0 Å². The largest absolute Gasteiger partial charge is 0.381 e. The Labute approximate surface area is 99.1 Å². The van der Waals surface area contributed by atoms with Gasteiger partial charge >= 0.3 is 0 Å². The maximum Gasteiger partial charge on any atom is 0.222 e. The predicted molar refractivity (Wildman–Crippen MR) is 65.3 cm³/mol. The lowest BCUT2D eigenvalue weighted by atomic mass is 9.92. The Morgan fingerprint density at radius 3 is 2.56 bits per heavy atom. The van der Waals surface area contributed by atoms with Crippen LogP contribution in [0, 0.1) is 5.92 Å². The molecule has 94 valence electrons. The van der Waals surface area contributed by atoms with E-state index in [9.17, 15) is 4.79 Å². The molecule has 1 unspecified atom stereocenters. The van der Waals surface area contributed by atoms with E-state index in [-0.39, 0.29) is 0 Å². The number of ether oxygens (including phenoxy) is 1. The molecular weight excluding hydrogens is 202 g/mol. The fourth-order valence-corrected chi connectivity index (χ4v) is 2.30. The van der Waals surface area contributed by atoms with Crippen LogP contribution in [0.3, 0.4) is 0 Å². The van der Waals surface area contributed by atoms with Gasteiger partial charge in [0.05, 0.1) is 6.10 Å². The van der Waals surface area contributed by atoms with Gasteiger partial charge in [-0.1, -0.05) is 13.3 Å². The Morgan fingerprint density at radius 1 is 1.44 bits per heavy atom. The van der Waals surface area contributed by atoms with E-state index in [2.05, 4.69) is 13.8 Å². The molecule has 0 bridgehead atoms. The number of piperidine rings is 1. The molecule has 16 heavy (non-hydrogen) atoms. The number of rotatable bonds is 5. The number of nitrogens with zero attached hydrogens (tertiary/aromatic N) is 1. The molecule has 0 aromatic heterocycles. The van der Waals surface area contributed by atoms with Crippen molar-refractivity contribution in [3.8, 4) is 0 Å². The van der Waals surface area contributed by atoms with Crippen LogP contribution >= 0.6 is 0 Å². The van der Waals surface area contributed by atoms with Crippen LogP contribution < -0.4 is 0 Å². The van der Waals surface area contributed by atoms with Crippen molar-refractivity contribution in [1.82, 2.24) is 4.90 Å². The lowest BCUT2D eigenvalue weighted by molar-refractivity contribution is -0.133. The minimum absolute atomic E-state index is 0.327. The third-order valence-electron chi connectivity index (χ3n) is 3.67. The average Bonchev–Trinajstić information content (AvgIpc) is 2.35. The molecular formula is C13H25NO2. The van der Waals surface area contributed by atoms with Crippen LogP contribution in [0.25, 0.3) is 0 Å². The van der Waals surface area contributed by atoms with E-state index in [0.717, 1.165) is 45.2 Å². The highest BCUT2D eigenvalue weighted by Gasteiger charge is 2.25. The molecule has 1 aliphatic rings. The number of hydrogen-bond donors (Lipinski definition) is 0. The molecule has 3 heteroatoms. The van der Waals surface area contributed by atoms with Gasteiger partial charge in [0.2, 0.25) is 5.91 Å². The van der Waals surface area contributed by atoms with Gasteiger partial charge in [-0.25, -0.2) is 0 Å². The second-order valence-electron chi connectivity index (χ2n) is 4.76. The van der Waals surface area contributed by atoms with Gasteiger partial charge in [0.25, 0.3) is 0 Å². The maximum absolute atomic E-state index is 11.8. The first-order valence-corrected chi connectivity index (χ1v) is 6.49. The lowest BCUT2D eigenvalue weighted by Gasteiger charge is -2.34. The smallest absolute Gasteiger partial charge is 0.222 e. The Bertz CT molecular complexity index is 210. The molecule has 0 radical (unpaired) electrons. The van der Waals surface area contributed by atoms with Crippen molar-refractivity contribution in [3.63, 3.8) is 0 Å². The summed E-state index contributed by atoms with van der Waals surface area (Å²) in [5.74, 6) is 0.964. The van der Waals surface area contributed by atoms with Crippen molar-refractivity contribution in [3.05, 3.63) is 0 Å². The van der Waals surface area contributed by atoms with Crippen molar-refractivity contribution in [2.24, 2.45) is 5.92 Å². The molecule has 0 N–H and O–H groups in total. The summed E-state index contributed by atoms with van der Waals surface area (Å²) in [7, 11) is 1.77. The number of carbonyl (C=O) groups excluding carboxylic acids is 1. The van der Waals surface area contributed by atoms with Crippen molar-refractivity contribution in [2.45, 2.75) is 52.1 Å². The number of hydrogen-bond acceptors (Lipinski definition) is 2. The summed E-state index contributed by atoms with van der Waals surface area (Å²) in [5.41, 5.74) is 0. The molecule has 1 aliphatic heterocycles. The summed E-state index contributed by atoms with van der Waals surface area (Å²) < 4.78 is 5.35. The molecule has 1 atom stereocenters. The highest BCUT2D eigenvalue weighted by atomic mass is 16.5. The first kappa shape index (κ1) is 13.5. The summed E-state index contributed by atoms with van der Waals surface area (Å²) in [4.78, 5) is 13.8. The van der Waals surface area contributed by atoms with Gasteiger partial charge in [-0.15, -0.1) is 0 Å². The van der Waals surface area contributed by atoms with Crippen LogP contribution in [0.5, 0.6) is 0 Å². The third kappa shape index (κ3) is 3.78. The van der Waals surface area contributed by atoms with Crippen molar-refractivity contribution in [2.75, 3.05) is 20.2 Å². The molecule has 1 saturated heterocycles. The zero-order chi connectivity index (χ0) is 12.0. The predicted octanol–water partition coefficient (Wildman–Crippen LogP) is 2.45. The number of amides is 1. The van der Waals surface area contributed by atoms with Crippen LogP contribution in [0.15, 0.2) is 0 Å². The monoisotopic (exact) mass is 227 g/mol. The Balaban J connectivity index is 2.28. The number of unbranched alkanes of at least 4 members (excludes halogenated alkanes) is 1. The summed E-state index contributed by atoms with van der Waals surface area (Å²) in [5, 5.41) is 0. The molecule has 1 heterocycles. The van der Waals surface area contributed by atoms with Gasteiger partial charge in [-0.3, -0.25) is 4.79 Å². The fraction of sp³-hybridized carbons (Fsp3) is 0.923. The van der Waals surface area contributed by atoms with Crippen LogP contribution in [0.1, 0.15) is 46.0 Å². The normalized spacial score (nSPS) is 19.8. The van der Waals surface area contributed by atoms with Crippen molar-refractivity contribution < 1.29 is 9.53 Å². The minimum Gasteiger partial charge on any atom is -0.381 e. The van der Waals surface area contributed by atoms with E-state index in [1.54, 1.807) is 7.11 Å². The quantitative estimate of drug-likeness (QED) is 0.722. The van der Waals surface area contributed by atoms with Gasteiger partial charge in [-0.2, -0.15) is 0 Å². The number of methoxy groups -OCH3 is 1. The summed E-state index contributed by atoms with van der Waals surface area (Å²) in [6.07, 6.45) is 5.35. The van der Waals surface area contributed by atoms with Crippen molar-refractivity contribution in [1.29, 1.82) is 0 Å². The second-order valence-corrected chi connectivity index (χ2v) is 4.76. The Kier molecular flexibility index (Phi) is 5.81. The lowest BCUT2D eigenvalue weighted by Crippen LogP contribution is -2.40. The van der Waals surface area contributed by atoms with Gasteiger partial charge in [0.15, 0.2) is 0 Å². The van der Waals surface area contributed by atoms with E-state index in [1.165, 1.54) is 0 Å². The average molecular weight is 227 g/mol. The SMILES string of the molecule is CCCCC(=O)N1CCC(C(C)OC)CC1. The van der Waals surface area contributed by atoms with Crippen molar-refractivity contribution >= 4 is 5.91 Å². The first-order chi connectivity index (χ1) is 7.69. The Morgan fingerprint density at radius 2 is 2.06 bits per heavy atom. The topological polar surface area (TPSA) is 29.5 Å². The highest BCUT2D eigenvalue weighted by molar-refractivity contribution is 5.76. The van der Waals surface area contributed by atoms with E-state index in [1.807, 2.05) is 4.90 Å². The van der Waals surface area contributed by atoms with E-state index < -0.39 is 0 Å². The van der Waals surface area contributed by atoms with Gasteiger partial charge in [-0.05, 0) is 32.1 Å². The van der Waals surface area contributed by atoms with Crippen LogP contribution in [0.2, 0.25) is 0 Å². The van der Waals surface area contributed by atoms with Crippen LogP contribution in [-0.4, -0.2) is 37.1 Å². The van der Waals surface area contributed by atoms with E-state index >= 15 is 0 Å². The molecule has 0 aromatic rings. The third-order valence-corrected chi connectivity index (χ3v) is 3.67. The molecule has 3 nitrogen and oxygen atoms in total. The number of likely N-dealkylation sites (tertiary alicyclic amines) is 1. The molecule has 1 rings (SSSR count). The summed E-state index contributed by atoms with van der Waals surface area (Å²) in [6.45, 7) is 6.08. The molecule has 1 fully saturated rings. The molecule has 0 aliphatic carbocycles. The number of carbonyl (C=O) groups is 1. The second kappa shape index (κ2) is 6.89. The molecule has 0 spiro atoms. The van der Waals surface area contributed by atoms with E-state index in [4.69, 9.17) is 4.74 Å². The summed E-state index contributed by atoms with van der Waals surface area (Å²) in [6, 6.07) is 0. The maximum atomic E-state index is 11.8. The first-order valence-electron chi connectivity index (χ1n) is 6.49. The zero-order valence-electron chi connectivity index (χ0n) is 10.9. The van der Waals surface area contributed by atoms with Gasteiger partial charge in [0, 0.05) is 26.6 Å². The van der Waals surface area contributed by atoms with Crippen LogP contribution in [-0.2, 0) is 9.53 Å². The van der Waals surface area contributed by atoms with Crippen LogP contribution in [0.4, 0.5) is 0 Å². The standard InChI is InChI=1S/C13H25NO2/c1-4-5-6-13(15)14-9-7-12(8-10-14)11(2)16-3/h11-12H,4-10H2,1-3H3. The zero-order valence-corrected chi connectivity index (χ0v) is 10.9. The Hall–Kier alpha value is -0.570. The molecule has 1 amide bonds.